The van der Waals surface area contributed by atoms with Gasteiger partial charge in [-0.1, -0.05) is 38.1 Å². The average Bonchev–Trinajstić information content (AvgIpc) is 3.28. The zero-order valence-corrected chi connectivity index (χ0v) is 21.3. The number of carbonyl (C=O) groups is 3. The molecule has 3 amide bonds. The molecule has 0 saturated carbocycles. The van der Waals surface area contributed by atoms with Crippen LogP contribution >= 0.6 is 0 Å². The average molecular weight is 496 g/mol. The van der Waals surface area contributed by atoms with Crippen LogP contribution < -0.4 is 20.1 Å². The lowest BCUT2D eigenvalue weighted by Gasteiger charge is -2.37. The molecule has 0 radical (unpaired) electrons. The third-order valence-corrected chi connectivity index (χ3v) is 6.07. The van der Waals surface area contributed by atoms with Crippen LogP contribution in [0.15, 0.2) is 42.5 Å². The number of carbonyl (C=O) groups excluding carboxylic acids is 3. The normalized spacial score (nSPS) is 17.3. The number of nitrogens with zero attached hydrogens (tertiary/aromatic N) is 1. The van der Waals surface area contributed by atoms with E-state index in [4.69, 9.17) is 14.2 Å². The molecule has 9 heteroatoms. The molecule has 36 heavy (non-hydrogen) atoms. The van der Waals surface area contributed by atoms with E-state index < -0.39 is 29.7 Å². The molecular formula is C27H33N3O6. The first-order chi connectivity index (χ1) is 17.0. The van der Waals surface area contributed by atoms with E-state index in [1.165, 1.54) is 4.90 Å². The Morgan fingerprint density at radius 1 is 1.03 bits per heavy atom. The molecule has 2 heterocycles. The summed E-state index contributed by atoms with van der Waals surface area (Å²) in [6.07, 6.45) is -0.237. The molecule has 0 spiro atoms. The fraction of sp³-hybridized carbons (Fsp3) is 0.444. The lowest BCUT2D eigenvalue weighted by molar-refractivity contribution is -0.131. The van der Waals surface area contributed by atoms with Crippen molar-refractivity contribution in [1.82, 2.24) is 10.2 Å². The van der Waals surface area contributed by atoms with Crippen molar-refractivity contribution < 1.29 is 28.6 Å². The van der Waals surface area contributed by atoms with Gasteiger partial charge in [0.2, 0.25) is 18.6 Å². The van der Waals surface area contributed by atoms with E-state index in [9.17, 15) is 14.4 Å². The van der Waals surface area contributed by atoms with Crippen molar-refractivity contribution in [2.24, 2.45) is 5.92 Å². The lowest BCUT2D eigenvalue weighted by atomic mass is 9.93. The quantitative estimate of drug-likeness (QED) is 0.653. The van der Waals surface area contributed by atoms with Gasteiger partial charge in [0.15, 0.2) is 11.5 Å². The fourth-order valence-corrected chi connectivity index (χ4v) is 4.25. The van der Waals surface area contributed by atoms with Gasteiger partial charge >= 0.3 is 6.09 Å². The van der Waals surface area contributed by atoms with Crippen LogP contribution in [0.1, 0.15) is 45.7 Å². The SMILES string of the molecule is CC(C)[C@H](NC(=O)[C@@H]1Cc2ccccc2CN1C(=O)OC(C)(C)C)C(=O)Nc1ccc2c(c1)OCO2. The summed E-state index contributed by atoms with van der Waals surface area (Å²) >= 11 is 0. The number of fused-ring (bicyclic) bond motifs is 2. The Morgan fingerprint density at radius 2 is 1.72 bits per heavy atom. The summed E-state index contributed by atoms with van der Waals surface area (Å²) in [7, 11) is 0. The molecule has 2 aromatic rings. The van der Waals surface area contributed by atoms with Crippen molar-refractivity contribution in [2.75, 3.05) is 12.1 Å². The summed E-state index contributed by atoms with van der Waals surface area (Å²) in [5.74, 6) is 0.189. The number of hydrogen-bond donors (Lipinski definition) is 2. The standard InChI is InChI=1S/C27H33N3O6/c1-16(2)23(25(32)28-19-10-11-21-22(13-19)35-15-34-21)29-24(31)20-12-17-8-6-7-9-18(17)14-30(20)26(33)36-27(3,4)5/h6-11,13,16,20,23H,12,14-15H2,1-5H3,(H,28,32)(H,29,31)/t20-,23-/m0/s1. The van der Waals surface area contributed by atoms with Crippen molar-refractivity contribution in [3.63, 3.8) is 0 Å². The highest BCUT2D eigenvalue weighted by Gasteiger charge is 2.38. The van der Waals surface area contributed by atoms with E-state index in [-0.39, 0.29) is 25.2 Å². The van der Waals surface area contributed by atoms with E-state index >= 15 is 0 Å². The Labute approximate surface area is 211 Å². The molecule has 2 aliphatic rings. The highest BCUT2D eigenvalue weighted by Crippen LogP contribution is 2.34. The van der Waals surface area contributed by atoms with Gasteiger partial charge in [0.05, 0.1) is 6.54 Å². The number of benzene rings is 2. The second-order valence-electron chi connectivity index (χ2n) is 10.4. The van der Waals surface area contributed by atoms with Crippen LogP contribution in [-0.4, -0.2) is 47.3 Å². The summed E-state index contributed by atoms with van der Waals surface area (Å²) in [5.41, 5.74) is 1.78. The molecular weight excluding hydrogens is 462 g/mol. The molecule has 192 valence electrons. The van der Waals surface area contributed by atoms with Crippen molar-refractivity contribution in [3.8, 4) is 11.5 Å². The van der Waals surface area contributed by atoms with Gasteiger partial charge in [-0.05, 0) is 49.9 Å². The number of nitrogens with one attached hydrogen (secondary N) is 2. The van der Waals surface area contributed by atoms with E-state index in [0.29, 0.717) is 23.6 Å². The van der Waals surface area contributed by atoms with Gasteiger partial charge in [-0.3, -0.25) is 14.5 Å². The lowest BCUT2D eigenvalue weighted by Crippen LogP contribution is -2.57. The zero-order chi connectivity index (χ0) is 26.0. The maximum atomic E-state index is 13.5. The van der Waals surface area contributed by atoms with Crippen molar-refractivity contribution in [1.29, 1.82) is 0 Å². The molecule has 0 saturated heterocycles. The Kier molecular flexibility index (Phi) is 7.10. The van der Waals surface area contributed by atoms with Crippen molar-refractivity contribution in [3.05, 3.63) is 53.6 Å². The summed E-state index contributed by atoms with van der Waals surface area (Å²) in [6.45, 7) is 9.44. The highest BCUT2D eigenvalue weighted by molar-refractivity contribution is 5.98. The number of rotatable bonds is 5. The monoisotopic (exact) mass is 495 g/mol. The molecule has 4 rings (SSSR count). The Hall–Kier alpha value is -3.75. The van der Waals surface area contributed by atoms with Gasteiger partial charge < -0.3 is 24.8 Å². The molecule has 2 N–H and O–H groups in total. The van der Waals surface area contributed by atoms with E-state index in [1.54, 1.807) is 39.0 Å². The minimum atomic E-state index is -0.819. The molecule has 2 aromatic carbocycles. The first-order valence-electron chi connectivity index (χ1n) is 12.1. The molecule has 9 nitrogen and oxygen atoms in total. The number of anilines is 1. The second-order valence-corrected chi connectivity index (χ2v) is 10.4. The van der Waals surface area contributed by atoms with Crippen LogP contribution in [0.5, 0.6) is 11.5 Å². The first kappa shape index (κ1) is 25.3. The Balaban J connectivity index is 1.52. The van der Waals surface area contributed by atoms with Crippen LogP contribution in [0.3, 0.4) is 0 Å². The van der Waals surface area contributed by atoms with Crippen LogP contribution in [0.25, 0.3) is 0 Å². The molecule has 2 atom stereocenters. The maximum absolute atomic E-state index is 13.5. The van der Waals surface area contributed by atoms with Crippen molar-refractivity contribution in [2.45, 2.75) is 65.3 Å². The van der Waals surface area contributed by atoms with E-state index in [0.717, 1.165) is 11.1 Å². The van der Waals surface area contributed by atoms with E-state index in [1.807, 2.05) is 38.1 Å². The Bertz CT molecular complexity index is 1160. The highest BCUT2D eigenvalue weighted by atomic mass is 16.7. The largest absolute Gasteiger partial charge is 0.454 e. The molecule has 0 fully saturated rings. The predicted molar refractivity (Wildman–Crippen MR) is 134 cm³/mol. The summed E-state index contributed by atoms with van der Waals surface area (Å²) in [5, 5.41) is 5.73. The van der Waals surface area contributed by atoms with Gasteiger partial charge in [-0.25, -0.2) is 4.79 Å². The minimum Gasteiger partial charge on any atom is -0.454 e. The van der Waals surface area contributed by atoms with Gasteiger partial charge in [0.1, 0.15) is 17.7 Å². The topological polar surface area (TPSA) is 106 Å². The summed E-state index contributed by atoms with van der Waals surface area (Å²) in [4.78, 5) is 41.2. The zero-order valence-electron chi connectivity index (χ0n) is 21.3. The number of amides is 3. The third-order valence-electron chi connectivity index (χ3n) is 6.07. The smallest absolute Gasteiger partial charge is 0.411 e. The molecule has 0 aromatic heterocycles. The van der Waals surface area contributed by atoms with Gasteiger partial charge in [-0.15, -0.1) is 0 Å². The van der Waals surface area contributed by atoms with Crippen LogP contribution in [0.4, 0.5) is 10.5 Å². The van der Waals surface area contributed by atoms with Crippen molar-refractivity contribution >= 4 is 23.6 Å². The number of hydrogen-bond acceptors (Lipinski definition) is 6. The van der Waals surface area contributed by atoms with E-state index in [2.05, 4.69) is 10.6 Å². The van der Waals surface area contributed by atoms with Crippen LogP contribution in [-0.2, 0) is 27.3 Å². The molecule has 0 aliphatic carbocycles. The summed E-state index contributed by atoms with van der Waals surface area (Å²) in [6, 6.07) is 11.2. The molecule has 0 unspecified atom stereocenters. The van der Waals surface area contributed by atoms with Gasteiger partial charge in [-0.2, -0.15) is 0 Å². The maximum Gasteiger partial charge on any atom is 0.411 e. The molecule has 0 bridgehead atoms. The first-order valence-corrected chi connectivity index (χ1v) is 12.1. The summed E-state index contributed by atoms with van der Waals surface area (Å²) < 4.78 is 16.3. The second kappa shape index (κ2) is 10.1. The Morgan fingerprint density at radius 3 is 2.42 bits per heavy atom. The van der Waals surface area contributed by atoms with Gasteiger partial charge in [0.25, 0.3) is 0 Å². The fourth-order valence-electron chi connectivity index (χ4n) is 4.25. The number of ether oxygens (including phenoxy) is 3. The van der Waals surface area contributed by atoms with Crippen LogP contribution in [0.2, 0.25) is 0 Å². The van der Waals surface area contributed by atoms with Crippen LogP contribution in [0, 0.1) is 5.92 Å². The predicted octanol–water partition coefficient (Wildman–Crippen LogP) is 3.86. The van der Waals surface area contributed by atoms with Gasteiger partial charge in [0, 0.05) is 18.2 Å². The minimum absolute atomic E-state index is 0.135. The third kappa shape index (κ3) is 5.72. The molecule has 2 aliphatic heterocycles.